The molecule has 264 valence electrons. The van der Waals surface area contributed by atoms with Gasteiger partial charge in [0.05, 0.1) is 26.2 Å². The third-order valence-corrected chi connectivity index (χ3v) is 6.39. The minimum Gasteiger partial charge on any atom is -0.480 e. The number of carbonyl (C=O) groups excluding carboxylic acids is 7. The molecular weight excluding hydrogens is 631 g/mol. The Morgan fingerprint density at radius 1 is 0.792 bits per heavy atom. The molecule has 0 aliphatic heterocycles. The van der Waals surface area contributed by atoms with E-state index in [0.717, 1.165) is 0 Å². The minimum atomic E-state index is -1.32. The van der Waals surface area contributed by atoms with Crippen LogP contribution in [-0.4, -0.2) is 117 Å². The number of benzene rings is 1. The Hall–Kier alpha value is -5.04. The van der Waals surface area contributed by atoms with Crippen molar-refractivity contribution in [3.05, 3.63) is 35.9 Å². The zero-order valence-corrected chi connectivity index (χ0v) is 27.5. The molecule has 0 saturated heterocycles. The van der Waals surface area contributed by atoms with E-state index in [-0.39, 0.29) is 32.0 Å². The summed E-state index contributed by atoms with van der Waals surface area (Å²) in [5, 5.41) is 25.8. The smallest absolute Gasteiger partial charge is 0.317 e. The number of rotatable bonds is 22. The molecule has 3 unspecified atom stereocenters. The number of hydrogen-bond donors (Lipinski definition) is 9. The van der Waals surface area contributed by atoms with Gasteiger partial charge >= 0.3 is 5.97 Å². The fraction of sp³-hybridized carbons (Fsp3) is 0.517. The van der Waals surface area contributed by atoms with Crippen molar-refractivity contribution >= 4 is 55.2 Å². The van der Waals surface area contributed by atoms with Gasteiger partial charge in [0.2, 0.25) is 41.4 Å². The van der Waals surface area contributed by atoms with Crippen LogP contribution in [0.2, 0.25) is 0 Å². The van der Waals surface area contributed by atoms with Gasteiger partial charge in [-0.3, -0.25) is 38.4 Å². The van der Waals surface area contributed by atoms with Gasteiger partial charge in [-0.15, -0.1) is 0 Å². The lowest BCUT2D eigenvalue weighted by molar-refractivity contribution is -0.136. The summed E-state index contributed by atoms with van der Waals surface area (Å²) in [6, 6.07) is 6.41. The molecule has 0 heterocycles. The first-order chi connectivity index (χ1) is 22.5. The zero-order chi connectivity index (χ0) is 36.3. The Kier molecular flexibility index (Phi) is 17.9. The maximum Gasteiger partial charge on any atom is 0.317 e. The van der Waals surface area contributed by atoms with Crippen molar-refractivity contribution in [3.63, 3.8) is 0 Å². The van der Waals surface area contributed by atoms with Crippen LogP contribution < -0.4 is 43.0 Å². The molecule has 0 spiro atoms. The van der Waals surface area contributed by atoms with Gasteiger partial charge in [-0.05, 0) is 18.4 Å². The molecule has 18 nitrogen and oxygen atoms in total. The Labute approximate surface area is 278 Å². The number of aliphatic carboxylic acids is 1. The van der Waals surface area contributed by atoms with Crippen molar-refractivity contribution in [2.45, 2.75) is 51.2 Å². The van der Waals surface area contributed by atoms with Crippen LogP contribution in [0.25, 0.3) is 0 Å². The molecule has 0 aromatic heterocycles. The number of nitrogens with one attached hydrogen (secondary N) is 7. The maximum absolute atomic E-state index is 12.9. The first kappa shape index (κ1) is 41.0. The van der Waals surface area contributed by atoms with Crippen LogP contribution >= 0.6 is 0 Å². The van der Waals surface area contributed by atoms with Crippen molar-refractivity contribution in [3.8, 4) is 0 Å². The molecular formula is C29H45BN8O10. The van der Waals surface area contributed by atoms with Gasteiger partial charge in [-0.25, -0.2) is 0 Å². The van der Waals surface area contributed by atoms with E-state index in [0.29, 0.717) is 5.56 Å². The van der Waals surface area contributed by atoms with Crippen molar-refractivity contribution < 1.29 is 48.2 Å². The molecule has 19 heteroatoms. The maximum atomic E-state index is 12.9. The average Bonchev–Trinajstić information content (AvgIpc) is 3.00. The molecule has 1 aromatic rings. The van der Waals surface area contributed by atoms with Crippen molar-refractivity contribution in [2.24, 2.45) is 11.7 Å². The summed E-state index contributed by atoms with van der Waals surface area (Å²) in [5.74, 6) is -5.91. The summed E-state index contributed by atoms with van der Waals surface area (Å²) in [5.41, 5.74) is 4.58. The summed E-state index contributed by atoms with van der Waals surface area (Å²) >= 11 is 0. The van der Waals surface area contributed by atoms with Gasteiger partial charge in [0.15, 0.2) is 7.85 Å². The van der Waals surface area contributed by atoms with E-state index in [2.05, 4.69) is 37.2 Å². The van der Waals surface area contributed by atoms with Crippen LogP contribution in [0.15, 0.2) is 30.3 Å². The van der Waals surface area contributed by atoms with Crippen LogP contribution in [0, 0.1) is 5.92 Å². The lowest BCUT2D eigenvalue weighted by Gasteiger charge is -2.22. The predicted molar refractivity (Wildman–Crippen MR) is 173 cm³/mol. The van der Waals surface area contributed by atoms with Gasteiger partial charge < -0.3 is 52.8 Å². The Balaban J connectivity index is 2.69. The molecule has 0 fully saturated rings. The number of ether oxygens (including phenoxy) is 1. The zero-order valence-electron chi connectivity index (χ0n) is 27.5. The first-order valence-electron chi connectivity index (χ1n) is 15.1. The highest BCUT2D eigenvalue weighted by Gasteiger charge is 2.26. The lowest BCUT2D eigenvalue weighted by atomic mass is 9.83. The number of amides is 7. The third kappa shape index (κ3) is 17.6. The number of primary amides is 1. The third-order valence-electron chi connectivity index (χ3n) is 6.39. The van der Waals surface area contributed by atoms with Crippen molar-refractivity contribution in [1.29, 1.82) is 0 Å². The van der Waals surface area contributed by atoms with Crippen LogP contribution in [-0.2, 0) is 49.5 Å². The minimum absolute atomic E-state index is 0.00372. The number of nitrogens with two attached hydrogens (primary N) is 1. The molecule has 1 aromatic carbocycles. The normalized spacial score (nSPS) is 13.2. The van der Waals surface area contributed by atoms with Crippen LogP contribution in [0.1, 0.15) is 32.8 Å². The quantitative estimate of drug-likeness (QED) is 0.0415. The summed E-state index contributed by atoms with van der Waals surface area (Å²) in [7, 11) is 1.43. The lowest BCUT2D eigenvalue weighted by Crippen LogP contribution is -2.54. The second kappa shape index (κ2) is 21.0. The molecule has 3 atom stereocenters. The molecule has 0 saturated carbocycles. The summed E-state index contributed by atoms with van der Waals surface area (Å²) in [4.78, 5) is 97.1. The number of carboxylic acid groups (broad SMARTS) is 1. The van der Waals surface area contributed by atoms with Gasteiger partial charge in [0, 0.05) is 19.4 Å². The summed E-state index contributed by atoms with van der Waals surface area (Å²) in [6.45, 7) is 2.44. The molecule has 0 aliphatic carbocycles. The monoisotopic (exact) mass is 676 g/mol. The van der Waals surface area contributed by atoms with Crippen LogP contribution in [0.4, 0.5) is 0 Å². The van der Waals surface area contributed by atoms with Crippen molar-refractivity contribution in [1.82, 2.24) is 37.2 Å². The van der Waals surface area contributed by atoms with E-state index >= 15 is 0 Å². The van der Waals surface area contributed by atoms with E-state index in [9.17, 15) is 38.4 Å². The van der Waals surface area contributed by atoms with E-state index in [1.165, 1.54) is 14.8 Å². The van der Waals surface area contributed by atoms with E-state index < -0.39 is 91.1 Å². The van der Waals surface area contributed by atoms with Crippen LogP contribution in [0.3, 0.4) is 0 Å². The second-order valence-corrected chi connectivity index (χ2v) is 11.5. The number of hydrogen-bond acceptors (Lipinski definition) is 10. The highest BCUT2D eigenvalue weighted by molar-refractivity contribution is 6.26. The molecule has 10 N–H and O–H groups in total. The predicted octanol–water partition coefficient (Wildman–Crippen LogP) is -4.81. The number of carboxylic acids is 1. The molecule has 0 bridgehead atoms. The summed E-state index contributed by atoms with van der Waals surface area (Å²) < 4.78 is 5.21. The highest BCUT2D eigenvalue weighted by Crippen LogP contribution is 2.04. The highest BCUT2D eigenvalue weighted by atomic mass is 16.5. The van der Waals surface area contributed by atoms with Gasteiger partial charge in [0.1, 0.15) is 24.3 Å². The SMILES string of the molecule is BC(C)(OCNC(=O)CNC(=O)C(Cc1ccccc1)NC(=O)CNC(=O)CNC(=O)C(CNCC(=O)O)NC(=O)CC(C)C)C(N)=O. The van der Waals surface area contributed by atoms with Gasteiger partial charge in [-0.2, -0.15) is 0 Å². The van der Waals surface area contributed by atoms with E-state index in [1.54, 1.807) is 30.3 Å². The standard InChI is InChI=1S/C29H45BN8O10/c1-17(2)9-21(39)38-20(11-32-15-25(43)44)27(46)35-12-22(40)33-14-24(42)37-19(10-18-7-5-4-6-8-18)26(45)34-13-23(41)36-16-48-29(3,30)28(31)47/h4-8,17,19-20,32H,9-16,30H2,1-3H3,(H2,31,47)(H,33,40)(H,34,45)(H,35,46)(H,36,41)(H,37,42)(H,38,39)(H,43,44). The van der Waals surface area contributed by atoms with E-state index in [1.807, 2.05) is 13.8 Å². The average molecular weight is 677 g/mol. The molecule has 1 rings (SSSR count). The largest absolute Gasteiger partial charge is 0.480 e. The number of carbonyl (C=O) groups is 8. The molecule has 48 heavy (non-hydrogen) atoms. The first-order valence-corrected chi connectivity index (χ1v) is 15.1. The fourth-order valence-electron chi connectivity index (χ4n) is 3.71. The Bertz CT molecular complexity index is 1300. The molecule has 0 aliphatic rings. The molecule has 0 radical (unpaired) electrons. The topological polar surface area (TPSA) is 276 Å². The van der Waals surface area contributed by atoms with Gasteiger partial charge in [-0.1, -0.05) is 44.2 Å². The Morgan fingerprint density at radius 2 is 1.33 bits per heavy atom. The summed E-state index contributed by atoms with van der Waals surface area (Å²) in [6.07, 6.45) is 0.181. The van der Waals surface area contributed by atoms with E-state index in [4.69, 9.17) is 15.6 Å². The second-order valence-electron chi connectivity index (χ2n) is 11.5. The van der Waals surface area contributed by atoms with Crippen LogP contribution in [0.5, 0.6) is 0 Å². The molecule has 7 amide bonds. The fourth-order valence-corrected chi connectivity index (χ4v) is 3.71. The van der Waals surface area contributed by atoms with Crippen molar-refractivity contribution in [2.75, 3.05) is 39.5 Å². The van der Waals surface area contributed by atoms with Gasteiger partial charge in [0.25, 0.3) is 0 Å². The Morgan fingerprint density at radius 3 is 1.90 bits per heavy atom.